The van der Waals surface area contributed by atoms with Gasteiger partial charge < -0.3 is 10.4 Å². The fourth-order valence-electron chi connectivity index (χ4n) is 1.57. The summed E-state index contributed by atoms with van der Waals surface area (Å²) >= 11 is 0. The molecule has 4 nitrogen and oxygen atoms in total. The SMILES string of the molecule is CC(C)C1CCC(C(=O)O)C(=O)N1. The van der Waals surface area contributed by atoms with Gasteiger partial charge in [0.25, 0.3) is 0 Å². The fourth-order valence-corrected chi connectivity index (χ4v) is 1.57. The number of amides is 1. The predicted molar refractivity (Wildman–Crippen MR) is 47.1 cm³/mol. The van der Waals surface area contributed by atoms with Crippen molar-refractivity contribution in [1.29, 1.82) is 0 Å². The monoisotopic (exact) mass is 185 g/mol. The summed E-state index contributed by atoms with van der Waals surface area (Å²) in [7, 11) is 0. The van der Waals surface area contributed by atoms with E-state index in [1.807, 2.05) is 13.8 Å². The number of piperidine rings is 1. The molecular formula is C9H15NO3. The molecule has 2 unspecified atom stereocenters. The standard InChI is InChI=1S/C9H15NO3/c1-5(2)7-4-3-6(9(12)13)8(11)10-7/h5-7H,3-4H2,1-2H3,(H,10,11)(H,12,13). The van der Waals surface area contributed by atoms with Crippen molar-refractivity contribution >= 4 is 11.9 Å². The molecule has 0 saturated carbocycles. The van der Waals surface area contributed by atoms with Crippen LogP contribution in [-0.2, 0) is 9.59 Å². The van der Waals surface area contributed by atoms with Crippen LogP contribution in [0.1, 0.15) is 26.7 Å². The normalized spacial score (nSPS) is 28.7. The molecule has 74 valence electrons. The molecule has 0 bridgehead atoms. The number of nitrogens with one attached hydrogen (secondary N) is 1. The van der Waals surface area contributed by atoms with Crippen LogP contribution in [0.2, 0.25) is 0 Å². The van der Waals surface area contributed by atoms with Crippen molar-refractivity contribution in [2.45, 2.75) is 32.7 Å². The van der Waals surface area contributed by atoms with Crippen molar-refractivity contribution in [3.63, 3.8) is 0 Å². The van der Waals surface area contributed by atoms with Crippen molar-refractivity contribution < 1.29 is 14.7 Å². The summed E-state index contributed by atoms with van der Waals surface area (Å²) in [5, 5.41) is 11.4. The summed E-state index contributed by atoms with van der Waals surface area (Å²) in [6.07, 6.45) is 1.23. The molecule has 1 aliphatic rings. The number of carbonyl (C=O) groups excluding carboxylic acids is 1. The quantitative estimate of drug-likeness (QED) is 0.620. The lowest BCUT2D eigenvalue weighted by atomic mass is 9.89. The van der Waals surface area contributed by atoms with E-state index in [1.54, 1.807) is 0 Å². The summed E-state index contributed by atoms with van der Waals surface area (Å²) in [6, 6.07) is 0.142. The Morgan fingerprint density at radius 2 is 2.15 bits per heavy atom. The first-order valence-corrected chi connectivity index (χ1v) is 4.55. The highest BCUT2D eigenvalue weighted by Gasteiger charge is 2.33. The van der Waals surface area contributed by atoms with E-state index in [4.69, 9.17) is 5.11 Å². The molecule has 1 aliphatic heterocycles. The zero-order valence-electron chi connectivity index (χ0n) is 7.91. The first kappa shape index (κ1) is 10.0. The van der Waals surface area contributed by atoms with Gasteiger partial charge in [0.05, 0.1) is 0 Å². The lowest BCUT2D eigenvalue weighted by Crippen LogP contribution is -2.48. The van der Waals surface area contributed by atoms with Crippen molar-refractivity contribution in [3.8, 4) is 0 Å². The number of carboxylic acids is 1. The first-order valence-electron chi connectivity index (χ1n) is 4.55. The molecule has 0 spiro atoms. The number of rotatable bonds is 2. The molecule has 0 aliphatic carbocycles. The highest BCUT2D eigenvalue weighted by atomic mass is 16.4. The Bertz CT molecular complexity index is 225. The fraction of sp³-hybridized carbons (Fsp3) is 0.778. The van der Waals surface area contributed by atoms with E-state index >= 15 is 0 Å². The molecule has 0 radical (unpaired) electrons. The van der Waals surface area contributed by atoms with Gasteiger partial charge in [0.1, 0.15) is 5.92 Å². The molecule has 1 rings (SSSR count). The lowest BCUT2D eigenvalue weighted by Gasteiger charge is -2.29. The van der Waals surface area contributed by atoms with Crippen LogP contribution < -0.4 is 5.32 Å². The second-order valence-corrected chi connectivity index (χ2v) is 3.83. The Morgan fingerprint density at radius 3 is 2.54 bits per heavy atom. The summed E-state index contributed by atoms with van der Waals surface area (Å²) in [5.74, 6) is -1.81. The molecule has 2 atom stereocenters. The second-order valence-electron chi connectivity index (χ2n) is 3.83. The van der Waals surface area contributed by atoms with E-state index in [0.717, 1.165) is 6.42 Å². The van der Waals surface area contributed by atoms with Gasteiger partial charge in [-0.25, -0.2) is 0 Å². The topological polar surface area (TPSA) is 66.4 Å². The Labute approximate surface area is 77.3 Å². The Hall–Kier alpha value is -1.06. The minimum absolute atomic E-state index is 0.142. The Balaban J connectivity index is 2.57. The maximum atomic E-state index is 11.3. The molecule has 1 fully saturated rings. The molecular weight excluding hydrogens is 170 g/mol. The molecule has 1 heterocycles. The smallest absolute Gasteiger partial charge is 0.316 e. The van der Waals surface area contributed by atoms with Crippen LogP contribution in [0.3, 0.4) is 0 Å². The van der Waals surface area contributed by atoms with Crippen LogP contribution in [0.4, 0.5) is 0 Å². The van der Waals surface area contributed by atoms with Crippen LogP contribution in [0.15, 0.2) is 0 Å². The average molecular weight is 185 g/mol. The van der Waals surface area contributed by atoms with Crippen LogP contribution >= 0.6 is 0 Å². The number of hydrogen-bond donors (Lipinski definition) is 2. The third kappa shape index (κ3) is 2.20. The second kappa shape index (κ2) is 3.77. The average Bonchev–Trinajstić information content (AvgIpc) is 2.03. The molecule has 4 heteroatoms. The van der Waals surface area contributed by atoms with Crippen LogP contribution in [0, 0.1) is 11.8 Å². The first-order chi connectivity index (χ1) is 6.02. The predicted octanol–water partition coefficient (Wildman–Crippen LogP) is 0.622. The summed E-state index contributed by atoms with van der Waals surface area (Å²) in [6.45, 7) is 4.04. The zero-order valence-corrected chi connectivity index (χ0v) is 7.91. The van der Waals surface area contributed by atoms with Gasteiger partial charge in [-0.2, -0.15) is 0 Å². The molecule has 1 amide bonds. The summed E-state index contributed by atoms with van der Waals surface area (Å²) in [5.41, 5.74) is 0. The minimum Gasteiger partial charge on any atom is -0.481 e. The van der Waals surface area contributed by atoms with Gasteiger partial charge in [-0.3, -0.25) is 9.59 Å². The molecule has 13 heavy (non-hydrogen) atoms. The Morgan fingerprint density at radius 1 is 1.54 bits per heavy atom. The van der Waals surface area contributed by atoms with Gasteiger partial charge in [0.15, 0.2) is 0 Å². The van der Waals surface area contributed by atoms with E-state index in [2.05, 4.69) is 5.32 Å². The van der Waals surface area contributed by atoms with Crippen molar-refractivity contribution in [1.82, 2.24) is 5.32 Å². The summed E-state index contributed by atoms with van der Waals surface area (Å²) < 4.78 is 0. The third-order valence-electron chi connectivity index (χ3n) is 2.51. The molecule has 2 N–H and O–H groups in total. The number of aliphatic carboxylic acids is 1. The highest BCUT2D eigenvalue weighted by Crippen LogP contribution is 2.19. The van der Waals surface area contributed by atoms with E-state index in [9.17, 15) is 9.59 Å². The van der Waals surface area contributed by atoms with Crippen LogP contribution in [-0.4, -0.2) is 23.0 Å². The number of carbonyl (C=O) groups is 2. The van der Waals surface area contributed by atoms with Crippen molar-refractivity contribution in [2.24, 2.45) is 11.8 Å². The van der Waals surface area contributed by atoms with Crippen LogP contribution in [0.5, 0.6) is 0 Å². The van der Waals surface area contributed by atoms with Crippen molar-refractivity contribution in [2.75, 3.05) is 0 Å². The maximum Gasteiger partial charge on any atom is 0.316 e. The van der Waals surface area contributed by atoms with E-state index in [-0.39, 0.29) is 11.9 Å². The van der Waals surface area contributed by atoms with Gasteiger partial charge in [-0.1, -0.05) is 13.8 Å². The van der Waals surface area contributed by atoms with Gasteiger partial charge in [-0.15, -0.1) is 0 Å². The number of carboxylic acid groups (broad SMARTS) is 1. The minimum atomic E-state index is -1.01. The van der Waals surface area contributed by atoms with Gasteiger partial charge in [-0.05, 0) is 18.8 Å². The van der Waals surface area contributed by atoms with Gasteiger partial charge >= 0.3 is 5.97 Å². The van der Waals surface area contributed by atoms with Gasteiger partial charge in [0, 0.05) is 6.04 Å². The molecule has 1 saturated heterocycles. The lowest BCUT2D eigenvalue weighted by molar-refractivity contribution is -0.149. The number of hydrogen-bond acceptors (Lipinski definition) is 2. The molecule has 0 aromatic rings. The maximum absolute atomic E-state index is 11.3. The molecule has 0 aromatic carbocycles. The third-order valence-corrected chi connectivity index (χ3v) is 2.51. The zero-order chi connectivity index (χ0) is 10.0. The van der Waals surface area contributed by atoms with Gasteiger partial charge in [0.2, 0.25) is 5.91 Å². The van der Waals surface area contributed by atoms with E-state index < -0.39 is 11.9 Å². The van der Waals surface area contributed by atoms with E-state index in [0.29, 0.717) is 12.3 Å². The molecule has 0 aromatic heterocycles. The summed E-state index contributed by atoms with van der Waals surface area (Å²) in [4.78, 5) is 21.8. The van der Waals surface area contributed by atoms with E-state index in [1.165, 1.54) is 0 Å². The highest BCUT2D eigenvalue weighted by molar-refractivity contribution is 5.97. The largest absolute Gasteiger partial charge is 0.481 e. The van der Waals surface area contributed by atoms with Crippen molar-refractivity contribution in [3.05, 3.63) is 0 Å². The Kier molecular flexibility index (Phi) is 2.90. The van der Waals surface area contributed by atoms with Crippen LogP contribution in [0.25, 0.3) is 0 Å².